The molecule has 1 saturated carbocycles. The number of carbonyl (C=O) groups excluding carboxylic acids is 2. The van der Waals surface area contributed by atoms with Gasteiger partial charge in [0.05, 0.1) is 4.90 Å². The Kier molecular flexibility index (Phi) is 5.42. The van der Waals surface area contributed by atoms with Gasteiger partial charge in [-0.2, -0.15) is 4.31 Å². The molecule has 0 bridgehead atoms. The van der Waals surface area contributed by atoms with E-state index >= 15 is 0 Å². The first kappa shape index (κ1) is 19.4. The van der Waals surface area contributed by atoms with Crippen molar-refractivity contribution in [3.63, 3.8) is 0 Å². The van der Waals surface area contributed by atoms with Crippen LogP contribution < -0.4 is 10.2 Å². The van der Waals surface area contributed by atoms with E-state index < -0.39 is 10.0 Å². The zero-order valence-corrected chi connectivity index (χ0v) is 16.8. The van der Waals surface area contributed by atoms with Gasteiger partial charge in [-0.1, -0.05) is 12.8 Å². The molecule has 0 radical (unpaired) electrons. The molecule has 2 heterocycles. The smallest absolute Gasteiger partial charge is 0.243 e. The Morgan fingerprint density at radius 1 is 1.07 bits per heavy atom. The average Bonchev–Trinajstić information content (AvgIpc) is 3.38. The van der Waals surface area contributed by atoms with Gasteiger partial charge >= 0.3 is 0 Å². The van der Waals surface area contributed by atoms with Gasteiger partial charge in [0, 0.05) is 31.2 Å². The Balaban J connectivity index is 1.53. The molecule has 2 amide bonds. The average molecular weight is 406 g/mol. The molecular weight excluding hydrogens is 378 g/mol. The summed E-state index contributed by atoms with van der Waals surface area (Å²) in [6.45, 7) is 1.11. The van der Waals surface area contributed by atoms with Gasteiger partial charge in [-0.05, 0) is 55.9 Å². The highest BCUT2D eigenvalue weighted by atomic mass is 32.2. The minimum atomic E-state index is -3.49. The number of aryl methyl sites for hydroxylation is 1. The number of amides is 2. The topological polar surface area (TPSA) is 86.8 Å². The van der Waals surface area contributed by atoms with Gasteiger partial charge in [-0.15, -0.1) is 0 Å². The molecule has 28 heavy (non-hydrogen) atoms. The summed E-state index contributed by atoms with van der Waals surface area (Å²) in [7, 11) is -3.49. The molecule has 1 aromatic carbocycles. The van der Waals surface area contributed by atoms with Gasteiger partial charge in [0.1, 0.15) is 6.54 Å². The predicted octanol–water partition coefficient (Wildman–Crippen LogP) is 1.81. The van der Waals surface area contributed by atoms with E-state index in [0.29, 0.717) is 25.2 Å². The van der Waals surface area contributed by atoms with E-state index in [1.54, 1.807) is 18.2 Å². The van der Waals surface area contributed by atoms with Gasteiger partial charge in [-0.3, -0.25) is 9.59 Å². The van der Waals surface area contributed by atoms with Crippen molar-refractivity contribution < 1.29 is 18.0 Å². The van der Waals surface area contributed by atoms with Crippen LogP contribution in [0.1, 0.15) is 50.5 Å². The molecule has 2 aliphatic heterocycles. The number of sulfonamides is 1. The highest BCUT2D eigenvalue weighted by Crippen LogP contribution is 2.31. The van der Waals surface area contributed by atoms with E-state index in [2.05, 4.69) is 5.32 Å². The highest BCUT2D eigenvalue weighted by molar-refractivity contribution is 7.89. The second kappa shape index (κ2) is 7.83. The number of rotatable bonds is 5. The summed E-state index contributed by atoms with van der Waals surface area (Å²) in [4.78, 5) is 26.6. The lowest BCUT2D eigenvalue weighted by Gasteiger charge is -2.30. The molecule has 4 rings (SSSR count). The van der Waals surface area contributed by atoms with Crippen LogP contribution >= 0.6 is 0 Å². The summed E-state index contributed by atoms with van der Waals surface area (Å²) in [5.74, 6) is -0.244. The second-order valence-corrected chi connectivity index (χ2v) is 9.87. The number of nitrogens with zero attached hydrogens (tertiary/aromatic N) is 2. The van der Waals surface area contributed by atoms with Gasteiger partial charge < -0.3 is 10.2 Å². The zero-order chi connectivity index (χ0) is 19.7. The maximum absolute atomic E-state index is 12.8. The van der Waals surface area contributed by atoms with E-state index in [-0.39, 0.29) is 35.7 Å². The molecule has 1 saturated heterocycles. The number of hydrogen-bond donors (Lipinski definition) is 1. The van der Waals surface area contributed by atoms with E-state index in [0.717, 1.165) is 44.1 Å². The van der Waals surface area contributed by atoms with Gasteiger partial charge in [-0.25, -0.2) is 8.42 Å². The number of nitrogens with one attached hydrogen (secondary N) is 1. The van der Waals surface area contributed by atoms with Crippen LogP contribution in [0.5, 0.6) is 0 Å². The fraction of sp³-hybridized carbons (Fsp3) is 0.600. The summed E-state index contributed by atoms with van der Waals surface area (Å²) in [6.07, 6.45) is 6.82. The summed E-state index contributed by atoms with van der Waals surface area (Å²) in [5, 5.41) is 3.01. The first-order valence-electron chi connectivity index (χ1n) is 10.2. The Labute approximate surface area is 166 Å². The lowest BCUT2D eigenvalue weighted by atomic mass is 10.0. The van der Waals surface area contributed by atoms with E-state index in [9.17, 15) is 18.0 Å². The van der Waals surface area contributed by atoms with Gasteiger partial charge in [0.15, 0.2) is 0 Å². The van der Waals surface area contributed by atoms with Crippen LogP contribution in [-0.4, -0.2) is 50.2 Å². The molecule has 2 fully saturated rings. The van der Waals surface area contributed by atoms with Crippen molar-refractivity contribution in [2.24, 2.45) is 0 Å². The van der Waals surface area contributed by atoms with Crippen molar-refractivity contribution in [3.05, 3.63) is 23.8 Å². The largest absolute Gasteiger partial charge is 0.352 e. The van der Waals surface area contributed by atoms with Gasteiger partial charge in [0.25, 0.3) is 0 Å². The maximum Gasteiger partial charge on any atom is 0.243 e. The minimum absolute atomic E-state index is 0.0133. The number of anilines is 1. The van der Waals surface area contributed by atoms with Crippen molar-refractivity contribution in [1.29, 1.82) is 0 Å². The molecular formula is C20H27N3O4S. The first-order chi connectivity index (χ1) is 13.4. The normalized spacial score (nSPS) is 21.1. The fourth-order valence-corrected chi connectivity index (χ4v) is 6.00. The van der Waals surface area contributed by atoms with Crippen molar-refractivity contribution in [3.8, 4) is 0 Å². The van der Waals surface area contributed by atoms with Crippen LogP contribution in [0.3, 0.4) is 0 Å². The highest BCUT2D eigenvalue weighted by Gasteiger charge is 2.31. The molecule has 0 unspecified atom stereocenters. The monoisotopic (exact) mass is 405 g/mol. The second-order valence-electron chi connectivity index (χ2n) is 7.93. The molecule has 3 aliphatic rings. The third kappa shape index (κ3) is 3.80. The third-order valence-corrected chi connectivity index (χ3v) is 7.87. The lowest BCUT2D eigenvalue weighted by molar-refractivity contribution is -0.124. The molecule has 0 atom stereocenters. The summed E-state index contributed by atoms with van der Waals surface area (Å²) >= 11 is 0. The molecule has 152 valence electrons. The van der Waals surface area contributed by atoms with E-state index in [4.69, 9.17) is 0 Å². The van der Waals surface area contributed by atoms with E-state index in [1.807, 2.05) is 0 Å². The standard InChI is InChI=1S/C20H27N3O4S/c24-19(21-16-5-1-2-6-16)14-23-18-9-8-17(13-15(18)7-10-20(23)25)28(26,27)22-11-3-4-12-22/h8-9,13,16H,1-7,10-12,14H2,(H,21,24). The van der Waals surface area contributed by atoms with Crippen LogP contribution in [0, 0.1) is 0 Å². The Bertz CT molecular complexity index is 871. The fourth-order valence-electron chi connectivity index (χ4n) is 4.43. The molecule has 7 nitrogen and oxygen atoms in total. The quantitative estimate of drug-likeness (QED) is 0.809. The number of fused-ring (bicyclic) bond motifs is 1. The van der Waals surface area contributed by atoms with Gasteiger partial charge in [0.2, 0.25) is 21.8 Å². The summed E-state index contributed by atoms with van der Waals surface area (Å²) < 4.78 is 27.2. The first-order valence-corrected chi connectivity index (χ1v) is 11.6. The maximum atomic E-state index is 12.8. The molecule has 1 aromatic rings. The van der Waals surface area contributed by atoms with Crippen molar-refractivity contribution >= 4 is 27.5 Å². The van der Waals surface area contributed by atoms with Crippen LogP contribution in [0.15, 0.2) is 23.1 Å². The van der Waals surface area contributed by atoms with Crippen LogP contribution in [-0.2, 0) is 26.0 Å². The zero-order valence-electron chi connectivity index (χ0n) is 16.0. The number of hydrogen-bond acceptors (Lipinski definition) is 4. The molecule has 1 aliphatic carbocycles. The SMILES string of the molecule is O=C(CN1C(=O)CCc2cc(S(=O)(=O)N3CCCC3)ccc21)NC1CCCC1. The Morgan fingerprint density at radius 2 is 1.79 bits per heavy atom. The Hall–Kier alpha value is -1.93. The molecule has 8 heteroatoms. The number of carbonyl (C=O) groups is 2. The van der Waals surface area contributed by atoms with Crippen LogP contribution in [0.2, 0.25) is 0 Å². The van der Waals surface area contributed by atoms with Crippen molar-refractivity contribution in [2.45, 2.75) is 62.3 Å². The van der Waals surface area contributed by atoms with E-state index in [1.165, 1.54) is 9.21 Å². The predicted molar refractivity (Wildman–Crippen MR) is 106 cm³/mol. The summed E-state index contributed by atoms with van der Waals surface area (Å²) in [5.41, 5.74) is 1.46. The lowest BCUT2D eigenvalue weighted by Crippen LogP contribution is -2.45. The molecule has 0 spiro atoms. The third-order valence-electron chi connectivity index (χ3n) is 5.98. The minimum Gasteiger partial charge on any atom is -0.352 e. The van der Waals surface area contributed by atoms with Crippen molar-refractivity contribution in [1.82, 2.24) is 9.62 Å². The molecule has 0 aromatic heterocycles. The number of benzene rings is 1. The van der Waals surface area contributed by atoms with Crippen LogP contribution in [0.4, 0.5) is 5.69 Å². The molecule has 1 N–H and O–H groups in total. The Morgan fingerprint density at radius 3 is 2.50 bits per heavy atom. The summed E-state index contributed by atoms with van der Waals surface area (Å²) in [6, 6.07) is 5.13. The van der Waals surface area contributed by atoms with Crippen LogP contribution in [0.25, 0.3) is 0 Å². The van der Waals surface area contributed by atoms with Crippen molar-refractivity contribution in [2.75, 3.05) is 24.5 Å².